The molecule has 5 rings (SSSR count). The Morgan fingerprint density at radius 1 is 1.20 bits per heavy atom. The minimum absolute atomic E-state index is 0.0501. The summed E-state index contributed by atoms with van der Waals surface area (Å²) in [6, 6.07) is 19.1. The van der Waals surface area contributed by atoms with E-state index in [1.807, 2.05) is 30.3 Å². The van der Waals surface area contributed by atoms with E-state index in [1.54, 1.807) is 24.4 Å². The molecule has 35 heavy (non-hydrogen) atoms. The van der Waals surface area contributed by atoms with Crippen LogP contribution in [0.1, 0.15) is 42.4 Å². The maximum absolute atomic E-state index is 13.4. The van der Waals surface area contributed by atoms with E-state index in [-0.39, 0.29) is 23.7 Å². The number of pyridine rings is 1. The number of anilines is 1. The van der Waals surface area contributed by atoms with Crippen LogP contribution in [0.4, 0.5) is 5.69 Å². The number of nitriles is 1. The molecule has 1 aliphatic carbocycles. The summed E-state index contributed by atoms with van der Waals surface area (Å²) >= 11 is 0. The first-order valence-electron chi connectivity index (χ1n) is 11.7. The number of fused-ring (bicyclic) bond motifs is 2. The van der Waals surface area contributed by atoms with Gasteiger partial charge in [0.2, 0.25) is 5.91 Å². The van der Waals surface area contributed by atoms with Crippen molar-refractivity contribution in [2.24, 2.45) is 5.92 Å². The van der Waals surface area contributed by atoms with Gasteiger partial charge in [-0.15, -0.1) is 0 Å². The van der Waals surface area contributed by atoms with Crippen molar-refractivity contribution in [1.29, 1.82) is 5.26 Å². The Labute approximate surface area is 203 Å². The first kappa shape index (κ1) is 22.6. The molecule has 2 heterocycles. The molecule has 1 spiro atoms. The molecular formula is C28H25N3O4. The van der Waals surface area contributed by atoms with Crippen molar-refractivity contribution in [2.45, 2.75) is 37.5 Å². The molecule has 2 atom stereocenters. The summed E-state index contributed by atoms with van der Waals surface area (Å²) < 4.78 is 5.91. The number of carbonyl (C=O) groups excluding carboxylic acids is 1. The maximum Gasteiger partial charge on any atom is 0.303 e. The molecule has 2 aromatic carbocycles. The quantitative estimate of drug-likeness (QED) is 0.521. The van der Waals surface area contributed by atoms with Crippen molar-refractivity contribution in [3.8, 4) is 23.1 Å². The summed E-state index contributed by atoms with van der Waals surface area (Å²) in [7, 11) is 0. The van der Waals surface area contributed by atoms with Crippen LogP contribution in [0, 0.1) is 17.2 Å². The molecule has 3 aromatic rings. The van der Waals surface area contributed by atoms with Gasteiger partial charge in [0.1, 0.15) is 5.75 Å². The fourth-order valence-corrected chi connectivity index (χ4v) is 5.07. The molecule has 0 unspecified atom stereocenters. The van der Waals surface area contributed by atoms with E-state index in [0.717, 1.165) is 41.0 Å². The number of aliphatic carboxylic acids is 1. The average Bonchev–Trinajstić information content (AvgIpc) is 3.60. The predicted molar refractivity (Wildman–Crippen MR) is 130 cm³/mol. The minimum Gasteiger partial charge on any atom is -0.493 e. The smallest absolute Gasteiger partial charge is 0.303 e. The van der Waals surface area contributed by atoms with E-state index in [2.05, 4.69) is 22.4 Å². The molecule has 1 fully saturated rings. The number of ether oxygens (including phenoxy) is 1. The van der Waals surface area contributed by atoms with Gasteiger partial charge in [-0.05, 0) is 73.7 Å². The van der Waals surface area contributed by atoms with Crippen LogP contribution < -0.4 is 10.1 Å². The van der Waals surface area contributed by atoms with E-state index >= 15 is 0 Å². The van der Waals surface area contributed by atoms with Crippen molar-refractivity contribution >= 4 is 17.6 Å². The van der Waals surface area contributed by atoms with Gasteiger partial charge >= 0.3 is 5.97 Å². The van der Waals surface area contributed by atoms with E-state index in [0.29, 0.717) is 30.7 Å². The topological polar surface area (TPSA) is 112 Å². The zero-order valence-corrected chi connectivity index (χ0v) is 19.2. The van der Waals surface area contributed by atoms with Gasteiger partial charge in [-0.1, -0.05) is 12.1 Å². The van der Waals surface area contributed by atoms with Gasteiger partial charge in [0, 0.05) is 40.8 Å². The van der Waals surface area contributed by atoms with Crippen molar-refractivity contribution in [3.05, 3.63) is 77.5 Å². The second-order valence-electron chi connectivity index (χ2n) is 9.16. The lowest BCUT2D eigenvalue weighted by Crippen LogP contribution is -2.27. The lowest BCUT2D eigenvalue weighted by atomic mass is 9.86. The summed E-state index contributed by atoms with van der Waals surface area (Å²) in [6.07, 6.45) is 4.26. The van der Waals surface area contributed by atoms with E-state index in [9.17, 15) is 14.9 Å². The number of carbonyl (C=O) groups is 2. The fourth-order valence-electron chi connectivity index (χ4n) is 5.07. The van der Waals surface area contributed by atoms with E-state index in [1.165, 1.54) is 0 Å². The third kappa shape index (κ3) is 4.47. The van der Waals surface area contributed by atoms with Gasteiger partial charge in [-0.2, -0.15) is 5.26 Å². The van der Waals surface area contributed by atoms with Crippen LogP contribution in [-0.2, 0) is 21.4 Å². The number of nitrogens with one attached hydrogen (secondary N) is 1. The summed E-state index contributed by atoms with van der Waals surface area (Å²) in [5, 5.41) is 21.3. The number of nitrogens with zero attached hydrogens (tertiary/aromatic N) is 2. The number of amides is 1. The third-order valence-corrected chi connectivity index (χ3v) is 7.01. The van der Waals surface area contributed by atoms with Crippen LogP contribution >= 0.6 is 0 Å². The molecule has 2 N–H and O–H groups in total. The highest BCUT2D eigenvalue weighted by Crippen LogP contribution is 2.61. The van der Waals surface area contributed by atoms with E-state index < -0.39 is 5.97 Å². The van der Waals surface area contributed by atoms with Gasteiger partial charge in [0.25, 0.3) is 0 Å². The highest BCUT2D eigenvalue weighted by atomic mass is 16.5. The van der Waals surface area contributed by atoms with Crippen molar-refractivity contribution < 1.29 is 19.4 Å². The van der Waals surface area contributed by atoms with Crippen molar-refractivity contribution in [3.63, 3.8) is 0 Å². The van der Waals surface area contributed by atoms with Crippen LogP contribution in [-0.4, -0.2) is 28.6 Å². The zero-order valence-electron chi connectivity index (χ0n) is 19.2. The highest BCUT2D eigenvalue weighted by molar-refractivity contribution is 5.97. The molecule has 1 saturated carbocycles. The van der Waals surface area contributed by atoms with Crippen LogP contribution in [0.5, 0.6) is 5.75 Å². The van der Waals surface area contributed by atoms with Gasteiger partial charge in [-0.25, -0.2) is 0 Å². The number of aryl methyl sites for hydroxylation is 1. The molecule has 1 aromatic heterocycles. The molecule has 1 amide bonds. The van der Waals surface area contributed by atoms with Crippen LogP contribution in [0.3, 0.4) is 0 Å². The summed E-state index contributed by atoms with van der Waals surface area (Å²) in [6.45, 7) is 0.560. The first-order valence-corrected chi connectivity index (χ1v) is 11.7. The molecule has 7 heteroatoms. The average molecular weight is 468 g/mol. The van der Waals surface area contributed by atoms with Gasteiger partial charge in [0.05, 0.1) is 23.9 Å². The number of benzene rings is 2. The van der Waals surface area contributed by atoms with Gasteiger partial charge in [0.15, 0.2) is 0 Å². The molecule has 2 aliphatic rings. The number of hydrogen-bond acceptors (Lipinski definition) is 5. The number of hydrogen-bond donors (Lipinski definition) is 2. The molecule has 0 radical (unpaired) electrons. The number of aromatic nitrogens is 1. The van der Waals surface area contributed by atoms with E-state index in [4.69, 9.17) is 9.84 Å². The van der Waals surface area contributed by atoms with Crippen LogP contribution in [0.2, 0.25) is 0 Å². The van der Waals surface area contributed by atoms with Crippen molar-refractivity contribution in [2.75, 3.05) is 11.9 Å². The fraction of sp³-hybridized carbons (Fsp3) is 0.286. The standard InChI is InChI=1S/C28H25N3O4/c29-17-18-7-8-19(4-3-6-26(32)33)24(14-18)31-27(34)22-16-28(22)11-13-35-25-10-9-20(15-21(25)28)23-5-1-2-12-30-23/h1-2,5,7-10,12,14-15,22H,3-4,6,11,13,16H2,(H,31,34)(H,32,33)/t22-,28-/m0/s1. The third-order valence-electron chi connectivity index (χ3n) is 7.01. The molecule has 7 nitrogen and oxygen atoms in total. The van der Waals surface area contributed by atoms with Gasteiger partial charge in [-0.3, -0.25) is 14.6 Å². The Morgan fingerprint density at radius 3 is 2.86 bits per heavy atom. The molecular weight excluding hydrogens is 442 g/mol. The van der Waals surface area contributed by atoms with Gasteiger partial charge < -0.3 is 15.2 Å². The zero-order chi connectivity index (χ0) is 24.4. The Hall–Kier alpha value is -4.18. The SMILES string of the molecule is N#Cc1ccc(CCCC(=O)O)c(NC(=O)[C@@H]2C[C@]23CCOc2ccc(-c4ccccn4)cc23)c1. The summed E-state index contributed by atoms with van der Waals surface area (Å²) in [5.41, 5.74) is 4.48. The normalized spacial score (nSPS) is 19.8. The van der Waals surface area contributed by atoms with Crippen LogP contribution in [0.25, 0.3) is 11.3 Å². The summed E-state index contributed by atoms with van der Waals surface area (Å²) in [5.74, 6) is -0.336. The largest absolute Gasteiger partial charge is 0.493 e. The van der Waals surface area contributed by atoms with Crippen molar-refractivity contribution in [1.82, 2.24) is 4.98 Å². The Bertz CT molecular complexity index is 1330. The Morgan fingerprint density at radius 2 is 2.09 bits per heavy atom. The molecule has 0 saturated heterocycles. The molecule has 1 aliphatic heterocycles. The number of carboxylic acid groups (broad SMARTS) is 1. The maximum atomic E-state index is 13.4. The van der Waals surface area contributed by atoms with Crippen LogP contribution in [0.15, 0.2) is 60.8 Å². The Kier molecular flexibility index (Phi) is 5.96. The first-order chi connectivity index (χ1) is 17.0. The number of carboxylic acids is 1. The molecule has 0 bridgehead atoms. The minimum atomic E-state index is -0.854. The monoisotopic (exact) mass is 467 g/mol. The highest BCUT2D eigenvalue weighted by Gasteiger charge is 2.61. The Balaban J connectivity index is 1.38. The number of rotatable bonds is 7. The predicted octanol–water partition coefficient (Wildman–Crippen LogP) is 4.71. The lowest BCUT2D eigenvalue weighted by molar-refractivity contribution is -0.137. The summed E-state index contributed by atoms with van der Waals surface area (Å²) in [4.78, 5) is 28.8. The molecule has 176 valence electrons. The second kappa shape index (κ2) is 9.22. The second-order valence-corrected chi connectivity index (χ2v) is 9.16. The lowest BCUT2D eigenvalue weighted by Gasteiger charge is -2.27.